The van der Waals surface area contributed by atoms with Crippen LogP contribution in [0.3, 0.4) is 0 Å². The van der Waals surface area contributed by atoms with E-state index in [0.717, 1.165) is 12.8 Å². The SMILES string of the molecule is CC(C)(C)OC1CC(O)C2C[C@@]12COCc1ccccc1. The second kappa shape index (κ2) is 5.38. The van der Waals surface area contributed by atoms with Gasteiger partial charge in [0.2, 0.25) is 0 Å². The van der Waals surface area contributed by atoms with Crippen LogP contribution in [0.2, 0.25) is 0 Å². The fraction of sp³-hybridized carbons (Fsp3) is 0.667. The van der Waals surface area contributed by atoms with E-state index in [1.165, 1.54) is 5.56 Å². The summed E-state index contributed by atoms with van der Waals surface area (Å²) in [6.45, 7) is 7.55. The Morgan fingerprint density at radius 3 is 2.57 bits per heavy atom. The van der Waals surface area contributed by atoms with Gasteiger partial charge in [0.1, 0.15) is 0 Å². The van der Waals surface area contributed by atoms with Crippen LogP contribution >= 0.6 is 0 Å². The number of rotatable bonds is 5. The number of fused-ring (bicyclic) bond motifs is 1. The van der Waals surface area contributed by atoms with E-state index in [-0.39, 0.29) is 23.2 Å². The van der Waals surface area contributed by atoms with Gasteiger partial charge in [-0.3, -0.25) is 0 Å². The summed E-state index contributed by atoms with van der Waals surface area (Å²) in [5, 5.41) is 10.2. The number of benzene rings is 1. The third-order valence-corrected chi connectivity index (χ3v) is 4.72. The molecule has 4 atom stereocenters. The van der Waals surface area contributed by atoms with Crippen molar-refractivity contribution in [2.75, 3.05) is 6.61 Å². The van der Waals surface area contributed by atoms with Gasteiger partial charge in [-0.1, -0.05) is 30.3 Å². The molecule has 116 valence electrons. The van der Waals surface area contributed by atoms with Crippen molar-refractivity contribution in [2.45, 2.75) is 58.0 Å². The Labute approximate surface area is 127 Å². The Hall–Kier alpha value is -0.900. The first-order valence-electron chi connectivity index (χ1n) is 7.88. The second-order valence-electron chi connectivity index (χ2n) is 7.54. The summed E-state index contributed by atoms with van der Waals surface area (Å²) in [5.74, 6) is 0.362. The monoisotopic (exact) mass is 290 g/mol. The van der Waals surface area contributed by atoms with Gasteiger partial charge in [-0.15, -0.1) is 0 Å². The standard InChI is InChI=1S/C18H26O3/c1-17(2,3)21-16-9-15(19)14-10-18(14,16)12-20-11-13-7-5-4-6-8-13/h4-8,14-16,19H,9-12H2,1-3H3/t14?,15?,16?,18-/m0/s1. The van der Waals surface area contributed by atoms with Crippen LogP contribution < -0.4 is 0 Å². The molecule has 0 bridgehead atoms. The largest absolute Gasteiger partial charge is 0.393 e. The highest BCUT2D eigenvalue weighted by atomic mass is 16.5. The van der Waals surface area contributed by atoms with Gasteiger partial charge in [-0.2, -0.15) is 0 Å². The smallest absolute Gasteiger partial charge is 0.0717 e. The van der Waals surface area contributed by atoms with Gasteiger partial charge in [-0.25, -0.2) is 0 Å². The molecule has 2 saturated carbocycles. The van der Waals surface area contributed by atoms with Crippen molar-refractivity contribution in [3.8, 4) is 0 Å². The molecule has 0 amide bonds. The van der Waals surface area contributed by atoms with Gasteiger partial charge in [0, 0.05) is 11.8 Å². The van der Waals surface area contributed by atoms with Crippen molar-refractivity contribution < 1.29 is 14.6 Å². The summed E-state index contributed by atoms with van der Waals surface area (Å²) in [4.78, 5) is 0. The van der Waals surface area contributed by atoms with Gasteiger partial charge in [0.15, 0.2) is 0 Å². The first-order valence-corrected chi connectivity index (χ1v) is 7.88. The maximum atomic E-state index is 10.2. The molecule has 3 nitrogen and oxygen atoms in total. The van der Waals surface area contributed by atoms with Crippen LogP contribution in [0, 0.1) is 11.3 Å². The Bertz CT molecular complexity index is 479. The van der Waals surface area contributed by atoms with Crippen molar-refractivity contribution in [3.63, 3.8) is 0 Å². The molecule has 0 heterocycles. The van der Waals surface area contributed by atoms with Gasteiger partial charge < -0.3 is 14.6 Å². The molecule has 1 aromatic rings. The van der Waals surface area contributed by atoms with Crippen LogP contribution in [0.4, 0.5) is 0 Å². The minimum atomic E-state index is -0.224. The Kier molecular flexibility index (Phi) is 3.85. The molecule has 0 aliphatic heterocycles. The van der Waals surface area contributed by atoms with Crippen LogP contribution in [0.5, 0.6) is 0 Å². The maximum absolute atomic E-state index is 10.2. The molecule has 0 radical (unpaired) electrons. The zero-order chi connectivity index (χ0) is 15.1. The molecule has 2 aliphatic carbocycles. The van der Waals surface area contributed by atoms with E-state index in [2.05, 4.69) is 32.9 Å². The van der Waals surface area contributed by atoms with Crippen LogP contribution in [-0.2, 0) is 16.1 Å². The average Bonchev–Trinajstić information content (AvgIpc) is 3.08. The number of hydrogen-bond acceptors (Lipinski definition) is 3. The fourth-order valence-corrected chi connectivity index (χ4v) is 3.64. The highest BCUT2D eigenvalue weighted by Gasteiger charge is 2.68. The van der Waals surface area contributed by atoms with E-state index in [0.29, 0.717) is 19.1 Å². The summed E-state index contributed by atoms with van der Waals surface area (Å²) < 4.78 is 12.1. The van der Waals surface area contributed by atoms with Gasteiger partial charge in [0.25, 0.3) is 0 Å². The van der Waals surface area contributed by atoms with Crippen molar-refractivity contribution in [1.29, 1.82) is 0 Å². The third kappa shape index (κ3) is 3.15. The van der Waals surface area contributed by atoms with E-state index >= 15 is 0 Å². The van der Waals surface area contributed by atoms with E-state index in [4.69, 9.17) is 9.47 Å². The molecular weight excluding hydrogens is 264 g/mol. The highest BCUT2D eigenvalue weighted by molar-refractivity contribution is 5.17. The summed E-state index contributed by atoms with van der Waals surface area (Å²) >= 11 is 0. The predicted molar refractivity (Wildman–Crippen MR) is 81.9 cm³/mol. The molecule has 1 aromatic carbocycles. The lowest BCUT2D eigenvalue weighted by Gasteiger charge is -2.31. The van der Waals surface area contributed by atoms with Crippen LogP contribution in [0.1, 0.15) is 39.2 Å². The molecule has 1 N–H and O–H groups in total. The lowest BCUT2D eigenvalue weighted by atomic mass is 10.0. The second-order valence-corrected chi connectivity index (χ2v) is 7.54. The van der Waals surface area contributed by atoms with E-state index < -0.39 is 0 Å². The van der Waals surface area contributed by atoms with Crippen molar-refractivity contribution in [1.82, 2.24) is 0 Å². The third-order valence-electron chi connectivity index (χ3n) is 4.72. The predicted octanol–water partition coefficient (Wildman–Crippen LogP) is 3.16. The van der Waals surface area contributed by atoms with Crippen molar-refractivity contribution in [3.05, 3.63) is 35.9 Å². The summed E-state index contributed by atoms with van der Waals surface area (Å²) in [6.07, 6.45) is 1.67. The molecule has 3 unspecified atom stereocenters. The Morgan fingerprint density at radius 1 is 1.24 bits per heavy atom. The molecule has 2 fully saturated rings. The number of aliphatic hydroxyl groups is 1. The fourth-order valence-electron chi connectivity index (χ4n) is 3.64. The minimum absolute atomic E-state index is 0.0431. The maximum Gasteiger partial charge on any atom is 0.0717 e. The average molecular weight is 290 g/mol. The summed E-state index contributed by atoms with van der Waals surface area (Å²) in [5.41, 5.74) is 1.06. The van der Waals surface area contributed by atoms with Crippen molar-refractivity contribution in [2.24, 2.45) is 11.3 Å². The molecule has 0 aromatic heterocycles. The molecule has 0 spiro atoms. The molecule has 3 rings (SSSR count). The number of hydrogen-bond donors (Lipinski definition) is 1. The van der Waals surface area contributed by atoms with Gasteiger partial charge in [-0.05, 0) is 38.7 Å². The van der Waals surface area contributed by atoms with Gasteiger partial charge >= 0.3 is 0 Å². The van der Waals surface area contributed by atoms with E-state index in [1.807, 2.05) is 18.2 Å². The van der Waals surface area contributed by atoms with Crippen LogP contribution in [-0.4, -0.2) is 29.5 Å². The molecule has 21 heavy (non-hydrogen) atoms. The lowest BCUT2D eigenvalue weighted by Crippen LogP contribution is -2.35. The zero-order valence-corrected chi connectivity index (χ0v) is 13.2. The molecular formula is C18H26O3. The molecule has 0 saturated heterocycles. The number of ether oxygens (including phenoxy) is 2. The van der Waals surface area contributed by atoms with Gasteiger partial charge in [0.05, 0.1) is 31.0 Å². The normalized spacial score (nSPS) is 34.8. The summed E-state index contributed by atoms with van der Waals surface area (Å²) in [6, 6.07) is 10.2. The van der Waals surface area contributed by atoms with Crippen LogP contribution in [0.25, 0.3) is 0 Å². The zero-order valence-electron chi connectivity index (χ0n) is 13.2. The first kappa shape index (κ1) is 15.0. The lowest BCUT2D eigenvalue weighted by molar-refractivity contribution is -0.105. The quantitative estimate of drug-likeness (QED) is 0.905. The summed E-state index contributed by atoms with van der Waals surface area (Å²) in [7, 11) is 0. The topological polar surface area (TPSA) is 38.7 Å². The van der Waals surface area contributed by atoms with Crippen LogP contribution in [0.15, 0.2) is 30.3 Å². The Morgan fingerprint density at radius 2 is 1.95 bits per heavy atom. The molecule has 3 heteroatoms. The Balaban J connectivity index is 1.58. The van der Waals surface area contributed by atoms with E-state index in [1.54, 1.807) is 0 Å². The van der Waals surface area contributed by atoms with E-state index in [9.17, 15) is 5.11 Å². The molecule has 2 aliphatic rings. The van der Waals surface area contributed by atoms with Crippen molar-refractivity contribution >= 4 is 0 Å². The highest BCUT2D eigenvalue weighted by Crippen LogP contribution is 2.65. The first-order chi connectivity index (χ1) is 9.91. The minimum Gasteiger partial charge on any atom is -0.393 e. The number of aliphatic hydroxyl groups excluding tert-OH is 1.